The maximum Gasteiger partial charge on any atom is 0.316 e. The van der Waals surface area contributed by atoms with E-state index in [1.807, 2.05) is 13.1 Å². The molecule has 2 heterocycles. The molecule has 3 aromatic rings. The van der Waals surface area contributed by atoms with Gasteiger partial charge in [0.2, 0.25) is 0 Å². The second kappa shape index (κ2) is 16.2. The van der Waals surface area contributed by atoms with E-state index < -0.39 is 0 Å². The molecule has 0 aliphatic heterocycles. The third-order valence-electron chi connectivity index (χ3n) is 6.37. The summed E-state index contributed by atoms with van der Waals surface area (Å²) in [6.45, 7) is 7.64. The van der Waals surface area contributed by atoms with E-state index in [1.54, 1.807) is 24.2 Å². The molecule has 0 radical (unpaired) electrons. The molecule has 0 aliphatic rings. The van der Waals surface area contributed by atoms with Crippen LogP contribution in [0.2, 0.25) is 0 Å². The van der Waals surface area contributed by atoms with Crippen molar-refractivity contribution in [1.82, 2.24) is 19.5 Å². The highest BCUT2D eigenvalue weighted by Crippen LogP contribution is 2.22. The number of ether oxygens (including phenoxy) is 1. The molecule has 0 fully saturated rings. The van der Waals surface area contributed by atoms with E-state index in [1.165, 1.54) is 62.5 Å². The summed E-state index contributed by atoms with van der Waals surface area (Å²) < 4.78 is 7.51. The van der Waals surface area contributed by atoms with Crippen LogP contribution in [0.3, 0.4) is 0 Å². The number of nitrogens with zero attached hydrogens (tertiary/aromatic N) is 4. The van der Waals surface area contributed by atoms with Crippen LogP contribution in [0, 0.1) is 6.92 Å². The number of aromatic nitrogens is 4. The molecule has 2 aromatic heterocycles. The first-order valence-corrected chi connectivity index (χ1v) is 14.8. The SMILES string of the molecule is CCCCCCCCCCCn1cc(Cc2cnc(OCC)nc2)c(=O)nc1SCc1ccc(C)cc1. The van der Waals surface area contributed by atoms with E-state index in [-0.39, 0.29) is 5.56 Å². The van der Waals surface area contributed by atoms with Gasteiger partial charge in [0.25, 0.3) is 5.56 Å². The highest BCUT2D eigenvalue weighted by Gasteiger charge is 2.11. The van der Waals surface area contributed by atoms with Crippen molar-refractivity contribution in [3.63, 3.8) is 0 Å². The molecule has 0 atom stereocenters. The highest BCUT2D eigenvalue weighted by molar-refractivity contribution is 7.98. The van der Waals surface area contributed by atoms with E-state index >= 15 is 0 Å². The first-order valence-electron chi connectivity index (χ1n) is 13.8. The Hall–Kier alpha value is -2.67. The number of thioether (sulfide) groups is 1. The Kier molecular flexibility index (Phi) is 12.7. The zero-order valence-corrected chi connectivity index (χ0v) is 23.6. The number of rotatable bonds is 17. The van der Waals surface area contributed by atoms with Crippen LogP contribution < -0.4 is 10.3 Å². The van der Waals surface area contributed by atoms with Gasteiger partial charge in [0, 0.05) is 42.9 Å². The summed E-state index contributed by atoms with van der Waals surface area (Å²) in [5.74, 6) is 0.788. The quantitative estimate of drug-likeness (QED) is 0.106. The van der Waals surface area contributed by atoms with Gasteiger partial charge >= 0.3 is 6.01 Å². The van der Waals surface area contributed by atoms with Crippen LogP contribution in [0.25, 0.3) is 0 Å². The molecule has 0 N–H and O–H groups in total. The predicted molar refractivity (Wildman–Crippen MR) is 152 cm³/mol. The summed E-state index contributed by atoms with van der Waals surface area (Å²) >= 11 is 1.63. The van der Waals surface area contributed by atoms with Crippen molar-refractivity contribution in [2.45, 2.75) is 102 Å². The molecule has 0 saturated heterocycles. The van der Waals surface area contributed by atoms with Gasteiger partial charge in [-0.05, 0) is 31.4 Å². The number of unbranched alkanes of at least 4 members (excludes halogenated alkanes) is 8. The molecule has 0 saturated carbocycles. The fourth-order valence-corrected chi connectivity index (χ4v) is 5.15. The van der Waals surface area contributed by atoms with Gasteiger partial charge in [-0.2, -0.15) is 4.98 Å². The Morgan fingerprint density at radius 3 is 2.16 bits per heavy atom. The second-order valence-electron chi connectivity index (χ2n) is 9.63. The fraction of sp³-hybridized carbons (Fsp3) is 0.533. The van der Waals surface area contributed by atoms with Crippen LogP contribution in [0.1, 0.15) is 93.9 Å². The summed E-state index contributed by atoms with van der Waals surface area (Å²) in [6, 6.07) is 8.90. The van der Waals surface area contributed by atoms with Gasteiger partial charge < -0.3 is 9.30 Å². The number of hydrogen-bond acceptors (Lipinski definition) is 6. The molecular formula is C30H42N4O2S. The van der Waals surface area contributed by atoms with Crippen LogP contribution in [-0.4, -0.2) is 26.1 Å². The topological polar surface area (TPSA) is 69.9 Å². The summed E-state index contributed by atoms with van der Waals surface area (Å²) in [7, 11) is 0. The zero-order chi connectivity index (χ0) is 26.3. The maximum absolute atomic E-state index is 12.9. The molecule has 0 spiro atoms. The Labute approximate surface area is 226 Å². The number of benzene rings is 1. The lowest BCUT2D eigenvalue weighted by molar-refractivity contribution is 0.312. The van der Waals surface area contributed by atoms with Crippen LogP contribution >= 0.6 is 11.8 Å². The first kappa shape index (κ1) is 28.9. The minimum absolute atomic E-state index is 0.177. The summed E-state index contributed by atoms with van der Waals surface area (Å²) in [5, 5.41) is 0.789. The zero-order valence-electron chi connectivity index (χ0n) is 22.7. The lowest BCUT2D eigenvalue weighted by atomic mass is 10.1. The van der Waals surface area contributed by atoms with Crippen LogP contribution in [0.15, 0.2) is 52.8 Å². The van der Waals surface area contributed by atoms with Crippen LogP contribution in [0.4, 0.5) is 0 Å². The van der Waals surface area contributed by atoms with E-state index in [2.05, 4.69) is 57.6 Å². The average molecular weight is 523 g/mol. The largest absolute Gasteiger partial charge is 0.464 e. The fourth-order valence-electron chi connectivity index (χ4n) is 4.20. The molecule has 0 bridgehead atoms. The van der Waals surface area contributed by atoms with Crippen molar-refractivity contribution in [3.05, 3.63) is 75.5 Å². The van der Waals surface area contributed by atoms with Crippen molar-refractivity contribution in [3.8, 4) is 6.01 Å². The minimum Gasteiger partial charge on any atom is -0.464 e. The standard InChI is InChI=1S/C30H42N4O2S/c1-4-6-7-8-9-10-11-12-13-18-34-22-27(19-26-20-31-29(32-21-26)36-5-2)28(35)33-30(34)37-23-25-16-14-24(3)15-17-25/h14-17,20-22H,4-13,18-19,23H2,1-3H3. The normalized spacial score (nSPS) is 11.1. The molecular weight excluding hydrogens is 480 g/mol. The van der Waals surface area contributed by atoms with Crippen molar-refractivity contribution in [1.29, 1.82) is 0 Å². The van der Waals surface area contributed by atoms with Crippen molar-refractivity contribution in [2.75, 3.05) is 6.61 Å². The van der Waals surface area contributed by atoms with Crippen molar-refractivity contribution in [2.24, 2.45) is 0 Å². The summed E-state index contributed by atoms with van der Waals surface area (Å²) in [6.07, 6.45) is 17.5. The Balaban J connectivity index is 1.65. The third-order valence-corrected chi connectivity index (χ3v) is 7.43. The first-order chi connectivity index (χ1) is 18.1. The van der Waals surface area contributed by atoms with Gasteiger partial charge in [-0.25, -0.2) is 9.97 Å². The smallest absolute Gasteiger partial charge is 0.316 e. The minimum atomic E-state index is -0.177. The van der Waals surface area contributed by atoms with Crippen molar-refractivity contribution >= 4 is 11.8 Å². The molecule has 6 nitrogen and oxygen atoms in total. The lowest BCUT2D eigenvalue weighted by Crippen LogP contribution is -2.20. The molecule has 1 aromatic carbocycles. The molecule has 0 aliphatic carbocycles. The van der Waals surface area contributed by atoms with E-state index in [9.17, 15) is 4.79 Å². The van der Waals surface area contributed by atoms with Gasteiger partial charge in [0.15, 0.2) is 5.16 Å². The maximum atomic E-state index is 12.9. The molecule has 200 valence electrons. The predicted octanol–water partition coefficient (Wildman–Crippen LogP) is 7.15. The van der Waals surface area contributed by atoms with E-state index in [4.69, 9.17) is 4.74 Å². The Morgan fingerprint density at radius 1 is 0.865 bits per heavy atom. The van der Waals surface area contributed by atoms with Crippen LogP contribution in [0.5, 0.6) is 6.01 Å². The van der Waals surface area contributed by atoms with Gasteiger partial charge in [-0.3, -0.25) is 4.79 Å². The Morgan fingerprint density at radius 2 is 1.51 bits per heavy atom. The van der Waals surface area contributed by atoms with Gasteiger partial charge in [0.05, 0.1) is 6.61 Å². The molecule has 3 rings (SSSR count). The number of hydrogen-bond donors (Lipinski definition) is 0. The molecule has 7 heteroatoms. The Bertz CT molecular complexity index is 1110. The van der Waals surface area contributed by atoms with E-state index in [0.717, 1.165) is 29.4 Å². The summed E-state index contributed by atoms with van der Waals surface area (Å²) in [5.41, 5.74) is 3.84. The number of aryl methyl sites for hydroxylation is 2. The van der Waals surface area contributed by atoms with Crippen LogP contribution in [-0.2, 0) is 18.7 Å². The third kappa shape index (κ3) is 10.3. The van der Waals surface area contributed by atoms with Gasteiger partial charge in [-0.1, -0.05) is 99.9 Å². The second-order valence-corrected chi connectivity index (χ2v) is 10.6. The van der Waals surface area contributed by atoms with Crippen molar-refractivity contribution < 1.29 is 4.74 Å². The summed E-state index contributed by atoms with van der Waals surface area (Å²) in [4.78, 5) is 25.9. The monoisotopic (exact) mass is 522 g/mol. The van der Waals surface area contributed by atoms with Gasteiger partial charge in [0.1, 0.15) is 0 Å². The molecule has 0 amide bonds. The lowest BCUT2D eigenvalue weighted by Gasteiger charge is -2.14. The molecule has 0 unspecified atom stereocenters. The van der Waals surface area contributed by atoms with Gasteiger partial charge in [-0.15, -0.1) is 0 Å². The highest BCUT2D eigenvalue weighted by atomic mass is 32.2. The van der Waals surface area contributed by atoms with E-state index in [0.29, 0.717) is 24.6 Å². The molecule has 37 heavy (non-hydrogen) atoms. The average Bonchev–Trinajstić information content (AvgIpc) is 2.90.